The van der Waals surface area contributed by atoms with Crippen LogP contribution in [0, 0.1) is 20.0 Å². The van der Waals surface area contributed by atoms with E-state index >= 15 is 0 Å². The number of benzene rings is 2. The maximum absolute atomic E-state index is 7.50. The molecular formula is C21H16MnNO3-. The molecule has 0 heterocycles. The van der Waals surface area contributed by atoms with Crippen molar-refractivity contribution in [3.05, 3.63) is 110 Å². The predicted molar refractivity (Wildman–Crippen MR) is 92.6 cm³/mol. The third-order valence-electron chi connectivity index (χ3n) is 3.21. The van der Waals surface area contributed by atoms with Crippen LogP contribution in [0.5, 0.6) is 0 Å². The van der Waals surface area contributed by atoms with E-state index in [2.05, 4.69) is 110 Å². The van der Waals surface area contributed by atoms with Crippen molar-refractivity contribution in [3.8, 4) is 0 Å². The van der Waals surface area contributed by atoms with Gasteiger partial charge in [0.15, 0.2) is 0 Å². The average molecular weight is 385 g/mol. The summed E-state index contributed by atoms with van der Waals surface area (Å²) in [6.45, 7) is 14.4. The summed E-state index contributed by atoms with van der Waals surface area (Å²) in [6, 6.07) is 29.5. The number of anilines is 2. The van der Waals surface area contributed by atoms with Gasteiger partial charge < -0.3 is 4.90 Å². The summed E-state index contributed by atoms with van der Waals surface area (Å²) < 4.78 is 22.5. The smallest absolute Gasteiger partial charge is 0.0404 e. The maximum atomic E-state index is 7.50. The summed E-state index contributed by atoms with van der Waals surface area (Å²) in [6.07, 6.45) is 0. The fraction of sp³-hybridized carbons (Fsp3) is 0.0476. The van der Waals surface area contributed by atoms with Crippen molar-refractivity contribution in [2.45, 2.75) is 6.54 Å². The van der Waals surface area contributed by atoms with Crippen molar-refractivity contribution in [1.82, 2.24) is 0 Å². The van der Waals surface area contributed by atoms with Crippen molar-refractivity contribution in [1.29, 1.82) is 0 Å². The first kappa shape index (κ1) is 25.6. The Morgan fingerprint density at radius 3 is 1.31 bits per heavy atom. The molecule has 5 heteroatoms. The molecule has 0 aliphatic rings. The van der Waals surface area contributed by atoms with Crippen molar-refractivity contribution in [2.75, 3.05) is 4.90 Å². The second-order valence-electron chi connectivity index (χ2n) is 4.55. The quantitative estimate of drug-likeness (QED) is 0.367. The van der Waals surface area contributed by atoms with E-state index in [4.69, 9.17) is 14.0 Å². The summed E-state index contributed by atoms with van der Waals surface area (Å²) in [5, 5.41) is 0. The second-order valence-corrected chi connectivity index (χ2v) is 4.55. The first-order chi connectivity index (χ1) is 12.4. The Balaban J connectivity index is 0. The molecule has 1 radical (unpaired) electrons. The van der Waals surface area contributed by atoms with Crippen LogP contribution in [0.4, 0.5) is 11.4 Å². The molecule has 0 atom stereocenters. The Kier molecular flexibility index (Phi) is 16.9. The van der Waals surface area contributed by atoms with E-state index in [1.807, 2.05) is 0 Å². The Labute approximate surface area is 164 Å². The van der Waals surface area contributed by atoms with Gasteiger partial charge in [-0.15, -0.1) is 5.56 Å². The number of hydrogen-bond acceptors (Lipinski definition) is 1. The Morgan fingerprint density at radius 2 is 0.962 bits per heavy atom. The molecule has 0 aliphatic carbocycles. The van der Waals surface area contributed by atoms with Crippen molar-refractivity contribution >= 4 is 11.4 Å². The summed E-state index contributed by atoms with van der Waals surface area (Å²) in [5.41, 5.74) is 3.76. The van der Waals surface area contributed by atoms with Crippen LogP contribution in [0.15, 0.2) is 84.9 Å². The molecule has 131 valence electrons. The van der Waals surface area contributed by atoms with Gasteiger partial charge in [-0.25, -0.2) is 12.1 Å². The van der Waals surface area contributed by atoms with E-state index in [1.54, 1.807) is 0 Å². The second kappa shape index (κ2) is 17.2. The fourth-order valence-electron chi connectivity index (χ4n) is 2.25. The average Bonchev–Trinajstić information content (AvgIpc) is 3.25. The van der Waals surface area contributed by atoms with Gasteiger partial charge in [0.05, 0.1) is 0 Å². The van der Waals surface area contributed by atoms with Crippen LogP contribution in [0.3, 0.4) is 0 Å². The third kappa shape index (κ3) is 8.43. The predicted octanol–water partition coefficient (Wildman–Crippen LogP) is 4.63. The van der Waals surface area contributed by atoms with Gasteiger partial charge in [-0.1, -0.05) is 36.4 Å². The van der Waals surface area contributed by atoms with Crippen LogP contribution in [0.25, 0.3) is 0 Å². The number of rotatable bonds is 4. The van der Waals surface area contributed by atoms with Crippen LogP contribution in [-0.2, 0) is 37.6 Å². The molecule has 0 spiro atoms. The normalized spacial score (nSPS) is 7.77. The summed E-state index contributed by atoms with van der Waals surface area (Å²) in [4.78, 5) is 2.33. The first-order valence-corrected chi connectivity index (χ1v) is 7.13. The SMILES string of the molecule is [C-]#[O+].[C-]#[O+].[C-]#[O+].[Mn].c1ccc(N(C[c-]2cccc2)c2ccccc2)cc1. The Hall–Kier alpha value is -2.67. The van der Waals surface area contributed by atoms with Gasteiger partial charge in [0.25, 0.3) is 0 Å². The minimum Gasteiger partial charge on any atom is -0.349 e. The largest absolute Gasteiger partial charge is 0.349 e. The van der Waals surface area contributed by atoms with E-state index in [9.17, 15) is 0 Å². The zero-order valence-corrected chi connectivity index (χ0v) is 15.0. The molecule has 3 aromatic rings. The molecule has 0 saturated heterocycles. The topological polar surface area (TPSA) is 62.9 Å². The van der Waals surface area contributed by atoms with Crippen molar-refractivity contribution in [3.63, 3.8) is 0 Å². The molecule has 0 aliphatic heterocycles. The summed E-state index contributed by atoms with van der Waals surface area (Å²) >= 11 is 0. The molecule has 3 aromatic carbocycles. The van der Waals surface area contributed by atoms with Gasteiger partial charge in [-0.2, -0.15) is 12.1 Å². The zero-order chi connectivity index (χ0) is 18.9. The fourth-order valence-corrected chi connectivity index (χ4v) is 2.25. The third-order valence-corrected chi connectivity index (χ3v) is 3.21. The van der Waals surface area contributed by atoms with Gasteiger partial charge in [0.1, 0.15) is 0 Å². The van der Waals surface area contributed by atoms with Gasteiger partial charge in [-0.3, -0.25) is 0 Å². The number of para-hydroxylation sites is 2. The van der Waals surface area contributed by atoms with Crippen molar-refractivity contribution < 1.29 is 31.0 Å². The molecule has 0 N–H and O–H groups in total. The van der Waals surface area contributed by atoms with Crippen LogP contribution < -0.4 is 4.90 Å². The molecule has 0 fully saturated rings. The molecule has 0 amide bonds. The van der Waals surface area contributed by atoms with Crippen LogP contribution in [-0.4, -0.2) is 0 Å². The van der Waals surface area contributed by atoms with E-state index in [1.165, 1.54) is 16.9 Å². The number of nitrogens with zero attached hydrogens (tertiary/aromatic N) is 1. The van der Waals surface area contributed by atoms with Crippen LogP contribution in [0.1, 0.15) is 5.56 Å². The molecule has 4 nitrogen and oxygen atoms in total. The monoisotopic (exact) mass is 385 g/mol. The maximum Gasteiger partial charge on any atom is 0.0404 e. The van der Waals surface area contributed by atoms with Crippen LogP contribution in [0.2, 0.25) is 0 Å². The standard InChI is InChI=1S/C18H16N.3CO.Mn/c1-3-11-17(12-4-1)19(15-16-9-7-8-10-16)18-13-5-2-6-14-18;3*1-2;/h1-14H,15H2;;;;/q-1;;;;. The molecule has 0 unspecified atom stereocenters. The molecule has 0 aromatic heterocycles. The van der Waals surface area contributed by atoms with Gasteiger partial charge in [-0.05, 0) is 24.3 Å². The summed E-state index contributed by atoms with van der Waals surface area (Å²) in [7, 11) is 0. The number of hydrogen-bond donors (Lipinski definition) is 0. The molecular weight excluding hydrogens is 369 g/mol. The Morgan fingerprint density at radius 1 is 0.615 bits per heavy atom. The van der Waals surface area contributed by atoms with E-state index in [0.717, 1.165) is 6.54 Å². The summed E-state index contributed by atoms with van der Waals surface area (Å²) in [5.74, 6) is 0. The molecule has 0 bridgehead atoms. The van der Waals surface area contributed by atoms with E-state index in [0.29, 0.717) is 0 Å². The first-order valence-electron chi connectivity index (χ1n) is 7.13. The zero-order valence-electron chi connectivity index (χ0n) is 13.8. The van der Waals surface area contributed by atoms with Gasteiger partial charge in [0, 0.05) is 35.0 Å². The van der Waals surface area contributed by atoms with Gasteiger partial charge >= 0.3 is 33.9 Å². The molecule has 26 heavy (non-hydrogen) atoms. The van der Waals surface area contributed by atoms with Gasteiger partial charge in [0.2, 0.25) is 0 Å². The van der Waals surface area contributed by atoms with Crippen LogP contribution >= 0.6 is 0 Å². The van der Waals surface area contributed by atoms with E-state index in [-0.39, 0.29) is 17.1 Å². The van der Waals surface area contributed by atoms with E-state index < -0.39 is 0 Å². The van der Waals surface area contributed by atoms with Crippen molar-refractivity contribution in [2.24, 2.45) is 0 Å². The molecule has 0 saturated carbocycles. The minimum atomic E-state index is 0. The minimum absolute atomic E-state index is 0. The molecule has 3 rings (SSSR count). The Bertz CT molecular complexity index is 681.